The van der Waals surface area contributed by atoms with E-state index in [0.717, 1.165) is 22.4 Å². The van der Waals surface area contributed by atoms with Crippen LogP contribution in [0, 0.1) is 19.7 Å². The molecule has 0 bridgehead atoms. The first-order valence-electron chi connectivity index (χ1n) is 6.70. The highest BCUT2D eigenvalue weighted by Gasteiger charge is 2.17. The lowest BCUT2D eigenvalue weighted by Crippen LogP contribution is -2.32. The Kier molecular flexibility index (Phi) is 4.97. The molecule has 110 valence electrons. The summed E-state index contributed by atoms with van der Waals surface area (Å²) >= 11 is 5.73. The van der Waals surface area contributed by atoms with E-state index in [9.17, 15) is 9.18 Å². The molecule has 0 spiro atoms. The van der Waals surface area contributed by atoms with Gasteiger partial charge in [-0.3, -0.25) is 4.79 Å². The lowest BCUT2D eigenvalue weighted by atomic mass is 10.1. The minimum absolute atomic E-state index is 0.0887. The molecule has 0 fully saturated rings. The molecule has 0 aromatic heterocycles. The van der Waals surface area contributed by atoms with Gasteiger partial charge < -0.3 is 4.90 Å². The molecule has 0 saturated carbocycles. The molecule has 0 N–H and O–H groups in total. The van der Waals surface area contributed by atoms with Crippen molar-refractivity contribution < 1.29 is 9.18 Å². The van der Waals surface area contributed by atoms with Crippen molar-refractivity contribution in [3.8, 4) is 0 Å². The first-order valence-corrected chi connectivity index (χ1v) is 7.23. The summed E-state index contributed by atoms with van der Waals surface area (Å²) in [5.74, 6) is -0.551. The van der Waals surface area contributed by atoms with Gasteiger partial charge in [0, 0.05) is 5.69 Å². The van der Waals surface area contributed by atoms with Gasteiger partial charge in [-0.05, 0) is 48.7 Å². The molecule has 1 amide bonds. The highest BCUT2D eigenvalue weighted by atomic mass is 35.5. The van der Waals surface area contributed by atoms with E-state index in [2.05, 4.69) is 0 Å². The summed E-state index contributed by atoms with van der Waals surface area (Å²) < 4.78 is 13.0. The Morgan fingerprint density at radius 2 is 1.81 bits per heavy atom. The van der Waals surface area contributed by atoms with Gasteiger partial charge in [-0.15, -0.1) is 11.6 Å². The van der Waals surface area contributed by atoms with Crippen LogP contribution in [-0.2, 0) is 11.3 Å². The molecule has 2 rings (SSSR count). The summed E-state index contributed by atoms with van der Waals surface area (Å²) in [7, 11) is 0. The number of halogens is 2. The molecular weight excluding hydrogens is 289 g/mol. The summed E-state index contributed by atoms with van der Waals surface area (Å²) in [4.78, 5) is 13.8. The van der Waals surface area contributed by atoms with Crippen molar-refractivity contribution in [3.05, 3.63) is 65.0 Å². The predicted octanol–water partition coefficient (Wildman–Crippen LogP) is 4.21. The van der Waals surface area contributed by atoms with E-state index in [1.807, 2.05) is 32.0 Å². The normalized spacial score (nSPS) is 10.5. The molecule has 0 aliphatic carbocycles. The number of aryl methyl sites for hydroxylation is 1. The molecule has 2 nitrogen and oxygen atoms in total. The van der Waals surface area contributed by atoms with E-state index < -0.39 is 0 Å². The highest BCUT2D eigenvalue weighted by molar-refractivity contribution is 6.29. The molecule has 2 aromatic carbocycles. The fourth-order valence-corrected chi connectivity index (χ4v) is 2.32. The number of nitrogens with zero attached hydrogens (tertiary/aromatic N) is 1. The number of hydrogen-bond acceptors (Lipinski definition) is 1. The average molecular weight is 306 g/mol. The SMILES string of the molecule is Cc1cccc(N(Cc2ccc(F)cc2)C(=O)CCl)c1C. The number of anilines is 1. The van der Waals surface area contributed by atoms with E-state index in [0.29, 0.717) is 6.54 Å². The smallest absolute Gasteiger partial charge is 0.242 e. The second kappa shape index (κ2) is 6.72. The molecule has 0 heterocycles. The van der Waals surface area contributed by atoms with Crippen LogP contribution in [0.3, 0.4) is 0 Å². The molecule has 0 atom stereocenters. The first kappa shape index (κ1) is 15.5. The Morgan fingerprint density at radius 1 is 1.14 bits per heavy atom. The Labute approximate surface area is 129 Å². The van der Waals surface area contributed by atoms with Crippen LogP contribution in [0.5, 0.6) is 0 Å². The van der Waals surface area contributed by atoms with Gasteiger partial charge >= 0.3 is 0 Å². The van der Waals surface area contributed by atoms with E-state index in [1.165, 1.54) is 12.1 Å². The van der Waals surface area contributed by atoms with Crippen LogP contribution in [0.1, 0.15) is 16.7 Å². The van der Waals surface area contributed by atoms with Crippen molar-refractivity contribution in [2.45, 2.75) is 20.4 Å². The minimum Gasteiger partial charge on any atom is -0.307 e. The summed E-state index contributed by atoms with van der Waals surface area (Å²) in [6.45, 7) is 4.35. The van der Waals surface area contributed by atoms with Crippen LogP contribution in [-0.4, -0.2) is 11.8 Å². The maximum Gasteiger partial charge on any atom is 0.242 e. The van der Waals surface area contributed by atoms with Crippen molar-refractivity contribution >= 4 is 23.2 Å². The van der Waals surface area contributed by atoms with Crippen molar-refractivity contribution in [2.75, 3.05) is 10.8 Å². The fraction of sp³-hybridized carbons (Fsp3) is 0.235. The topological polar surface area (TPSA) is 20.3 Å². The van der Waals surface area contributed by atoms with Crippen LogP contribution in [0.25, 0.3) is 0 Å². The van der Waals surface area contributed by atoms with Gasteiger partial charge in [0.15, 0.2) is 0 Å². The second-order valence-corrected chi connectivity index (χ2v) is 5.23. The maximum atomic E-state index is 13.0. The van der Waals surface area contributed by atoms with E-state index in [1.54, 1.807) is 17.0 Å². The minimum atomic E-state index is -0.291. The second-order valence-electron chi connectivity index (χ2n) is 4.96. The van der Waals surface area contributed by atoms with Crippen LogP contribution in [0.15, 0.2) is 42.5 Å². The summed E-state index contributed by atoms with van der Waals surface area (Å²) in [5.41, 5.74) is 3.85. The van der Waals surface area contributed by atoms with Crippen LogP contribution in [0.4, 0.5) is 10.1 Å². The van der Waals surface area contributed by atoms with Gasteiger partial charge in [0.2, 0.25) is 5.91 Å². The van der Waals surface area contributed by atoms with Crippen molar-refractivity contribution in [1.29, 1.82) is 0 Å². The number of carbonyl (C=O) groups excluding carboxylic acids is 1. The van der Waals surface area contributed by atoms with Gasteiger partial charge in [0.1, 0.15) is 11.7 Å². The zero-order chi connectivity index (χ0) is 15.4. The lowest BCUT2D eigenvalue weighted by molar-refractivity contribution is -0.116. The molecule has 2 aromatic rings. The van der Waals surface area contributed by atoms with Gasteiger partial charge in [-0.2, -0.15) is 0 Å². The Hall–Kier alpha value is -1.87. The Bertz CT molecular complexity index is 640. The van der Waals surface area contributed by atoms with Crippen molar-refractivity contribution in [1.82, 2.24) is 0 Å². The van der Waals surface area contributed by atoms with Crippen molar-refractivity contribution in [3.63, 3.8) is 0 Å². The third-order valence-electron chi connectivity index (χ3n) is 3.54. The molecule has 0 saturated heterocycles. The van der Waals surface area contributed by atoms with E-state index in [-0.39, 0.29) is 17.6 Å². The van der Waals surface area contributed by atoms with E-state index in [4.69, 9.17) is 11.6 Å². The van der Waals surface area contributed by atoms with Gasteiger partial charge in [-0.1, -0.05) is 24.3 Å². The van der Waals surface area contributed by atoms with Crippen molar-refractivity contribution in [2.24, 2.45) is 0 Å². The lowest BCUT2D eigenvalue weighted by Gasteiger charge is -2.24. The van der Waals surface area contributed by atoms with Gasteiger partial charge in [-0.25, -0.2) is 4.39 Å². The number of hydrogen-bond donors (Lipinski definition) is 0. The zero-order valence-electron chi connectivity index (χ0n) is 12.1. The van der Waals surface area contributed by atoms with Gasteiger partial charge in [0.25, 0.3) is 0 Å². The highest BCUT2D eigenvalue weighted by Crippen LogP contribution is 2.25. The molecule has 0 aliphatic heterocycles. The Balaban J connectivity index is 2.37. The van der Waals surface area contributed by atoms with E-state index >= 15 is 0 Å². The van der Waals surface area contributed by atoms with Crippen LogP contribution in [0.2, 0.25) is 0 Å². The quantitative estimate of drug-likeness (QED) is 0.775. The Morgan fingerprint density at radius 3 is 2.43 bits per heavy atom. The number of benzene rings is 2. The zero-order valence-corrected chi connectivity index (χ0v) is 12.8. The molecule has 21 heavy (non-hydrogen) atoms. The monoisotopic (exact) mass is 305 g/mol. The third-order valence-corrected chi connectivity index (χ3v) is 3.76. The molecular formula is C17H17ClFNO. The number of rotatable bonds is 4. The third kappa shape index (κ3) is 3.61. The molecule has 0 unspecified atom stereocenters. The number of alkyl halides is 1. The largest absolute Gasteiger partial charge is 0.307 e. The molecule has 0 radical (unpaired) electrons. The molecule has 0 aliphatic rings. The van der Waals surface area contributed by atoms with Gasteiger partial charge in [0.05, 0.1) is 6.54 Å². The predicted molar refractivity (Wildman–Crippen MR) is 84.2 cm³/mol. The fourth-order valence-electron chi connectivity index (χ4n) is 2.18. The standard InChI is InChI=1S/C17H17ClFNO/c1-12-4-3-5-16(13(12)2)20(17(21)10-18)11-14-6-8-15(19)9-7-14/h3-9H,10-11H2,1-2H3. The molecule has 4 heteroatoms. The average Bonchev–Trinajstić information content (AvgIpc) is 2.49. The van der Waals surface area contributed by atoms with Crippen LogP contribution >= 0.6 is 11.6 Å². The summed E-state index contributed by atoms with van der Waals surface area (Å²) in [6, 6.07) is 11.9. The summed E-state index contributed by atoms with van der Waals surface area (Å²) in [5, 5.41) is 0. The van der Waals surface area contributed by atoms with Crippen LogP contribution < -0.4 is 4.90 Å². The first-order chi connectivity index (χ1) is 10.0. The summed E-state index contributed by atoms with van der Waals surface area (Å²) in [6.07, 6.45) is 0. The number of amides is 1. The number of carbonyl (C=O) groups is 1. The maximum absolute atomic E-state index is 13.0.